The van der Waals surface area contributed by atoms with Crippen molar-refractivity contribution in [2.75, 3.05) is 0 Å². The Bertz CT molecular complexity index is 901. The molecule has 3 aromatic rings. The van der Waals surface area contributed by atoms with E-state index in [0.717, 1.165) is 11.0 Å². The average molecular weight is 329 g/mol. The number of nitrogens with one attached hydrogen (secondary N) is 1. The number of para-hydroxylation sites is 2. The van der Waals surface area contributed by atoms with Crippen LogP contribution in [0.3, 0.4) is 0 Å². The van der Waals surface area contributed by atoms with E-state index < -0.39 is 6.36 Å². The molecule has 0 aliphatic rings. The van der Waals surface area contributed by atoms with E-state index in [2.05, 4.69) is 14.7 Å². The number of H-pyrrole nitrogens is 1. The van der Waals surface area contributed by atoms with Gasteiger partial charge in [0.25, 0.3) is 0 Å². The minimum atomic E-state index is -4.73. The number of nitriles is 1. The number of alkyl halides is 3. The van der Waals surface area contributed by atoms with Crippen LogP contribution in [0.4, 0.5) is 13.2 Å². The molecule has 120 valence electrons. The Labute approximate surface area is 134 Å². The highest BCUT2D eigenvalue weighted by Gasteiger charge is 2.30. The topological polar surface area (TPSA) is 61.7 Å². The summed E-state index contributed by atoms with van der Waals surface area (Å²) in [6.45, 7) is 0. The lowest BCUT2D eigenvalue weighted by Crippen LogP contribution is -2.16. The van der Waals surface area contributed by atoms with Crippen LogP contribution in [0, 0.1) is 11.3 Å². The van der Waals surface area contributed by atoms with Crippen molar-refractivity contribution >= 4 is 22.7 Å². The van der Waals surface area contributed by atoms with E-state index in [-0.39, 0.29) is 11.3 Å². The molecule has 0 radical (unpaired) electrons. The predicted molar refractivity (Wildman–Crippen MR) is 82.7 cm³/mol. The average Bonchev–Trinajstić information content (AvgIpc) is 2.96. The number of fused-ring (bicyclic) bond motifs is 1. The van der Waals surface area contributed by atoms with Gasteiger partial charge in [-0.25, -0.2) is 4.98 Å². The molecule has 0 atom stereocenters. The summed E-state index contributed by atoms with van der Waals surface area (Å²) >= 11 is 0. The Hall–Kier alpha value is -3.27. The molecule has 0 amide bonds. The molecule has 3 rings (SSSR count). The molecule has 4 nitrogen and oxygen atoms in total. The second-order valence-corrected chi connectivity index (χ2v) is 4.89. The summed E-state index contributed by atoms with van der Waals surface area (Å²) in [5.74, 6) is 0.0798. The molecule has 0 unspecified atom stereocenters. The van der Waals surface area contributed by atoms with Crippen molar-refractivity contribution < 1.29 is 17.9 Å². The Balaban J connectivity index is 1.89. The molecule has 1 N–H and O–H groups in total. The van der Waals surface area contributed by atoms with Gasteiger partial charge >= 0.3 is 6.36 Å². The normalized spacial score (nSPS) is 12.2. The first kappa shape index (κ1) is 15.6. The second kappa shape index (κ2) is 6.08. The number of benzene rings is 2. The molecule has 1 heterocycles. The van der Waals surface area contributed by atoms with Crippen LogP contribution in [0.5, 0.6) is 5.75 Å². The number of aromatic amines is 1. The molecule has 2 aromatic carbocycles. The highest BCUT2D eigenvalue weighted by Crippen LogP contribution is 2.24. The van der Waals surface area contributed by atoms with Gasteiger partial charge < -0.3 is 9.72 Å². The van der Waals surface area contributed by atoms with Crippen LogP contribution in [0.15, 0.2) is 48.5 Å². The van der Waals surface area contributed by atoms with E-state index in [1.165, 1.54) is 30.3 Å². The standard InChI is InChI=1S/C17H10F3N3O/c18-17(19,20)24-13-7-5-11(6-8-13)9-12(10-21)16-22-14-3-1-2-4-15(14)23-16/h1-9H,(H,22,23)/b12-9+. The SMILES string of the molecule is N#C/C(=C\c1ccc(OC(F)(F)F)cc1)c1nc2ccccc2[nH]1. The zero-order chi connectivity index (χ0) is 17.2. The Morgan fingerprint density at radius 3 is 2.46 bits per heavy atom. The fourth-order valence-electron chi connectivity index (χ4n) is 2.17. The summed E-state index contributed by atoms with van der Waals surface area (Å²) in [4.78, 5) is 7.36. The van der Waals surface area contributed by atoms with Crippen molar-refractivity contribution in [3.05, 3.63) is 59.9 Å². The largest absolute Gasteiger partial charge is 0.573 e. The van der Waals surface area contributed by atoms with Crippen molar-refractivity contribution in [1.29, 1.82) is 5.26 Å². The van der Waals surface area contributed by atoms with Crippen LogP contribution >= 0.6 is 0 Å². The number of allylic oxidation sites excluding steroid dienone is 1. The number of aromatic nitrogens is 2. The minimum Gasteiger partial charge on any atom is -0.406 e. The van der Waals surface area contributed by atoms with Crippen LogP contribution in [0.25, 0.3) is 22.7 Å². The zero-order valence-corrected chi connectivity index (χ0v) is 12.1. The summed E-state index contributed by atoms with van der Waals surface area (Å²) in [7, 11) is 0. The highest BCUT2D eigenvalue weighted by atomic mass is 19.4. The molecular formula is C17H10F3N3O. The van der Waals surface area contributed by atoms with E-state index >= 15 is 0 Å². The Morgan fingerprint density at radius 1 is 1.12 bits per heavy atom. The molecule has 0 fully saturated rings. The second-order valence-electron chi connectivity index (χ2n) is 4.89. The number of hydrogen-bond acceptors (Lipinski definition) is 3. The maximum absolute atomic E-state index is 12.1. The third-order valence-electron chi connectivity index (χ3n) is 3.19. The van der Waals surface area contributed by atoms with Crippen molar-refractivity contribution in [2.45, 2.75) is 6.36 Å². The van der Waals surface area contributed by atoms with Gasteiger partial charge in [0, 0.05) is 0 Å². The molecule has 24 heavy (non-hydrogen) atoms. The van der Waals surface area contributed by atoms with Crippen molar-refractivity contribution in [3.8, 4) is 11.8 Å². The lowest BCUT2D eigenvalue weighted by Gasteiger charge is -2.08. The zero-order valence-electron chi connectivity index (χ0n) is 12.1. The van der Waals surface area contributed by atoms with Gasteiger partial charge in [-0.05, 0) is 35.9 Å². The van der Waals surface area contributed by atoms with Crippen LogP contribution < -0.4 is 4.74 Å². The molecule has 0 aliphatic heterocycles. The maximum Gasteiger partial charge on any atom is 0.573 e. The number of nitrogens with zero attached hydrogens (tertiary/aromatic N) is 2. The van der Waals surface area contributed by atoms with E-state index in [0.29, 0.717) is 11.4 Å². The molecular weight excluding hydrogens is 319 g/mol. The monoisotopic (exact) mass is 329 g/mol. The van der Waals surface area contributed by atoms with Gasteiger partial charge in [-0.1, -0.05) is 24.3 Å². The van der Waals surface area contributed by atoms with Crippen molar-refractivity contribution in [2.24, 2.45) is 0 Å². The van der Waals surface area contributed by atoms with Crippen molar-refractivity contribution in [1.82, 2.24) is 9.97 Å². The van der Waals surface area contributed by atoms with Crippen LogP contribution in [0.1, 0.15) is 11.4 Å². The number of hydrogen-bond donors (Lipinski definition) is 1. The molecule has 0 aliphatic carbocycles. The summed E-state index contributed by atoms with van der Waals surface area (Å²) in [5.41, 5.74) is 2.35. The van der Waals surface area contributed by atoms with Gasteiger partial charge in [-0.2, -0.15) is 5.26 Å². The van der Waals surface area contributed by atoms with Crippen LogP contribution in [0.2, 0.25) is 0 Å². The molecule has 0 saturated heterocycles. The Morgan fingerprint density at radius 2 is 1.83 bits per heavy atom. The fraction of sp³-hybridized carbons (Fsp3) is 0.0588. The predicted octanol–water partition coefficient (Wildman–Crippen LogP) is 4.53. The van der Waals surface area contributed by atoms with Crippen LogP contribution in [-0.4, -0.2) is 16.3 Å². The fourth-order valence-corrected chi connectivity index (χ4v) is 2.17. The van der Waals surface area contributed by atoms with E-state index in [9.17, 15) is 18.4 Å². The summed E-state index contributed by atoms with van der Waals surface area (Å²) in [6.07, 6.45) is -3.20. The first-order chi connectivity index (χ1) is 11.4. The summed E-state index contributed by atoms with van der Waals surface area (Å²) in [5, 5.41) is 9.32. The minimum absolute atomic E-state index is 0.274. The third-order valence-corrected chi connectivity index (χ3v) is 3.19. The smallest absolute Gasteiger partial charge is 0.406 e. The molecule has 0 saturated carbocycles. The van der Waals surface area contributed by atoms with Gasteiger partial charge in [-0.3, -0.25) is 0 Å². The first-order valence-electron chi connectivity index (χ1n) is 6.87. The molecule has 7 heteroatoms. The maximum atomic E-state index is 12.1. The number of rotatable bonds is 3. The molecule has 1 aromatic heterocycles. The number of ether oxygens (including phenoxy) is 1. The van der Waals surface area contributed by atoms with Gasteiger partial charge in [0.2, 0.25) is 0 Å². The highest BCUT2D eigenvalue weighted by molar-refractivity contribution is 5.90. The molecule has 0 bridgehead atoms. The molecule has 0 spiro atoms. The first-order valence-corrected chi connectivity index (χ1v) is 6.87. The third kappa shape index (κ3) is 3.55. The lowest BCUT2D eigenvalue weighted by molar-refractivity contribution is -0.274. The quantitative estimate of drug-likeness (QED) is 0.718. The van der Waals surface area contributed by atoms with Gasteiger partial charge in [0.1, 0.15) is 17.6 Å². The lowest BCUT2D eigenvalue weighted by atomic mass is 10.1. The van der Waals surface area contributed by atoms with Gasteiger partial charge in [0.15, 0.2) is 0 Å². The van der Waals surface area contributed by atoms with Gasteiger partial charge in [0.05, 0.1) is 16.6 Å². The summed E-state index contributed by atoms with van der Waals surface area (Å²) in [6, 6.07) is 14.6. The van der Waals surface area contributed by atoms with Crippen molar-refractivity contribution in [3.63, 3.8) is 0 Å². The summed E-state index contributed by atoms with van der Waals surface area (Å²) < 4.78 is 40.2. The van der Waals surface area contributed by atoms with Crippen LogP contribution in [-0.2, 0) is 0 Å². The van der Waals surface area contributed by atoms with E-state index in [1.54, 1.807) is 0 Å². The van der Waals surface area contributed by atoms with Gasteiger partial charge in [-0.15, -0.1) is 13.2 Å². The van der Waals surface area contributed by atoms with E-state index in [4.69, 9.17) is 0 Å². The number of imidazole rings is 1. The number of halogens is 3. The van der Waals surface area contributed by atoms with E-state index in [1.807, 2.05) is 30.3 Å². The Kier molecular flexibility index (Phi) is 3.96.